The minimum absolute atomic E-state index is 0.0470. The van der Waals surface area contributed by atoms with Crippen LogP contribution in [0.15, 0.2) is 29.2 Å². The maximum Gasteiger partial charge on any atom is 0.319 e. The maximum absolute atomic E-state index is 13.1. The molecule has 1 aromatic carbocycles. The molecule has 4 rings (SSSR count). The highest BCUT2D eigenvalue weighted by atomic mass is 32.2. The van der Waals surface area contributed by atoms with Gasteiger partial charge in [-0.15, -0.1) is 11.8 Å². The van der Waals surface area contributed by atoms with E-state index >= 15 is 0 Å². The van der Waals surface area contributed by atoms with Crippen molar-refractivity contribution in [3.05, 3.63) is 29.8 Å². The van der Waals surface area contributed by atoms with Gasteiger partial charge in [0.25, 0.3) is 5.91 Å². The Labute approximate surface area is 148 Å². The van der Waals surface area contributed by atoms with Gasteiger partial charge in [0.05, 0.1) is 5.56 Å². The van der Waals surface area contributed by atoms with E-state index in [4.69, 9.17) is 0 Å². The number of fused-ring (bicyclic) bond motifs is 4. The molecule has 0 aliphatic carbocycles. The third-order valence-corrected chi connectivity index (χ3v) is 5.76. The lowest BCUT2D eigenvalue weighted by Gasteiger charge is -2.36. The van der Waals surface area contributed by atoms with E-state index in [9.17, 15) is 9.59 Å². The van der Waals surface area contributed by atoms with Crippen LogP contribution >= 0.6 is 11.8 Å². The number of carbonyl (C=O) groups is 2. The van der Waals surface area contributed by atoms with Gasteiger partial charge in [-0.1, -0.05) is 12.1 Å². The molecule has 0 saturated carbocycles. The smallest absolute Gasteiger partial charge is 0.319 e. The first-order valence-electron chi connectivity index (χ1n) is 8.41. The summed E-state index contributed by atoms with van der Waals surface area (Å²) in [6.07, 6.45) is 4.07. The van der Waals surface area contributed by atoms with E-state index in [0.717, 1.165) is 36.4 Å². The van der Waals surface area contributed by atoms with E-state index in [1.807, 2.05) is 40.3 Å². The molecule has 3 aliphatic heterocycles. The first-order valence-corrected chi connectivity index (χ1v) is 9.64. The molecule has 5 nitrogen and oxygen atoms in total. The minimum atomic E-state index is 0.0470. The van der Waals surface area contributed by atoms with Crippen molar-refractivity contribution >= 4 is 23.7 Å². The number of urea groups is 1. The second-order valence-electron chi connectivity index (χ2n) is 6.84. The second kappa shape index (κ2) is 7.05. The quantitative estimate of drug-likeness (QED) is 0.773. The summed E-state index contributed by atoms with van der Waals surface area (Å²) < 4.78 is 0. The summed E-state index contributed by atoms with van der Waals surface area (Å²) in [5.74, 6) is 0.479. The van der Waals surface area contributed by atoms with Gasteiger partial charge < -0.3 is 14.7 Å². The summed E-state index contributed by atoms with van der Waals surface area (Å²) in [5, 5.41) is 0. The number of hydrogen-bond acceptors (Lipinski definition) is 3. The first-order chi connectivity index (χ1) is 11.5. The molecular formula is C18H25N3O2S. The molecule has 3 heterocycles. The molecule has 1 aromatic rings. The fourth-order valence-electron chi connectivity index (χ4n) is 3.75. The van der Waals surface area contributed by atoms with Crippen molar-refractivity contribution in [2.24, 2.45) is 5.92 Å². The van der Waals surface area contributed by atoms with Crippen LogP contribution in [0.25, 0.3) is 0 Å². The topological polar surface area (TPSA) is 43.9 Å². The van der Waals surface area contributed by atoms with E-state index in [1.54, 1.807) is 30.8 Å². The fourth-order valence-corrected chi connectivity index (χ4v) is 4.34. The van der Waals surface area contributed by atoms with E-state index in [0.29, 0.717) is 12.5 Å². The van der Waals surface area contributed by atoms with Crippen LogP contribution in [0.3, 0.4) is 0 Å². The van der Waals surface area contributed by atoms with Gasteiger partial charge in [-0.05, 0) is 37.1 Å². The largest absolute Gasteiger partial charge is 0.334 e. The van der Waals surface area contributed by atoms with E-state index in [1.165, 1.54) is 0 Å². The predicted molar refractivity (Wildman–Crippen MR) is 96.4 cm³/mol. The standard InChI is InChI=1S/C18H25N3O2S/c1-19(2)18(23)20-10-13-8-9-14(12-20)21(11-13)17(22)15-6-4-5-7-16(15)24-3/h4-7,13-14H,8-12H2,1-3H3/t13-,14+/m1/s1. The summed E-state index contributed by atoms with van der Waals surface area (Å²) in [4.78, 5) is 32.1. The van der Waals surface area contributed by atoms with E-state index in [-0.39, 0.29) is 18.0 Å². The van der Waals surface area contributed by atoms with Crippen molar-refractivity contribution in [1.82, 2.24) is 14.7 Å². The zero-order valence-corrected chi connectivity index (χ0v) is 15.4. The lowest BCUT2D eigenvalue weighted by atomic mass is 9.94. The van der Waals surface area contributed by atoms with Crippen molar-refractivity contribution < 1.29 is 9.59 Å². The summed E-state index contributed by atoms with van der Waals surface area (Å²) in [5.41, 5.74) is 0.781. The Balaban J connectivity index is 1.83. The fraction of sp³-hybridized carbons (Fsp3) is 0.556. The average Bonchev–Trinajstić information content (AvgIpc) is 2.92. The van der Waals surface area contributed by atoms with Crippen LogP contribution in [0.4, 0.5) is 4.79 Å². The van der Waals surface area contributed by atoms with Gasteiger partial charge in [-0.2, -0.15) is 0 Å². The van der Waals surface area contributed by atoms with Gasteiger partial charge in [-0.3, -0.25) is 4.79 Å². The normalized spacial score (nSPS) is 23.1. The van der Waals surface area contributed by atoms with Gasteiger partial charge in [0.15, 0.2) is 0 Å². The van der Waals surface area contributed by atoms with Crippen LogP contribution in [-0.4, -0.2) is 72.7 Å². The lowest BCUT2D eigenvalue weighted by molar-refractivity contribution is 0.0582. The molecule has 130 valence electrons. The number of carbonyl (C=O) groups excluding carboxylic acids is 2. The molecule has 3 aliphatic rings. The third-order valence-electron chi connectivity index (χ3n) is 4.96. The minimum Gasteiger partial charge on any atom is -0.334 e. The SMILES string of the molecule is CSc1ccccc1C(=O)N1C[C@@H]2CC[C@H]1CN(C(=O)N(C)C)C2. The number of rotatable bonds is 2. The first kappa shape index (κ1) is 17.1. The molecule has 3 fully saturated rings. The summed E-state index contributed by atoms with van der Waals surface area (Å²) in [6.45, 7) is 2.14. The van der Waals surface area contributed by atoms with Gasteiger partial charge in [0.1, 0.15) is 0 Å². The number of nitrogens with zero attached hydrogens (tertiary/aromatic N) is 3. The van der Waals surface area contributed by atoms with E-state index in [2.05, 4.69) is 0 Å². The van der Waals surface area contributed by atoms with Gasteiger partial charge in [0.2, 0.25) is 0 Å². The average molecular weight is 347 g/mol. The van der Waals surface area contributed by atoms with Crippen LogP contribution in [0.2, 0.25) is 0 Å². The Kier molecular flexibility index (Phi) is 5.04. The van der Waals surface area contributed by atoms with Gasteiger partial charge >= 0.3 is 6.03 Å². The number of hydrogen-bond donors (Lipinski definition) is 0. The Morgan fingerprint density at radius 1 is 1.12 bits per heavy atom. The highest BCUT2D eigenvalue weighted by Crippen LogP contribution is 2.31. The van der Waals surface area contributed by atoms with Crippen LogP contribution in [-0.2, 0) is 0 Å². The molecule has 0 N–H and O–H groups in total. The number of amides is 3. The molecular weight excluding hydrogens is 322 g/mol. The van der Waals surface area contributed by atoms with Crippen LogP contribution < -0.4 is 0 Å². The predicted octanol–water partition coefficient (Wildman–Crippen LogP) is 2.63. The van der Waals surface area contributed by atoms with Gasteiger partial charge in [0, 0.05) is 44.7 Å². The van der Waals surface area contributed by atoms with Crippen molar-refractivity contribution in [2.75, 3.05) is 40.0 Å². The summed E-state index contributed by atoms with van der Waals surface area (Å²) in [6, 6.07) is 7.96. The van der Waals surface area contributed by atoms with Crippen molar-refractivity contribution in [2.45, 2.75) is 23.8 Å². The molecule has 0 unspecified atom stereocenters. The van der Waals surface area contributed by atoms with Crippen molar-refractivity contribution in [3.63, 3.8) is 0 Å². The third kappa shape index (κ3) is 3.24. The van der Waals surface area contributed by atoms with Crippen LogP contribution in [0.1, 0.15) is 23.2 Å². The van der Waals surface area contributed by atoms with Crippen molar-refractivity contribution in [1.29, 1.82) is 0 Å². The molecule has 0 radical (unpaired) electrons. The number of thioether (sulfide) groups is 1. The molecule has 0 aromatic heterocycles. The zero-order chi connectivity index (χ0) is 17.3. The Bertz CT molecular complexity index is 634. The number of piperidine rings is 1. The molecule has 2 bridgehead atoms. The summed E-state index contributed by atoms with van der Waals surface area (Å²) in [7, 11) is 3.57. The van der Waals surface area contributed by atoms with Crippen LogP contribution in [0.5, 0.6) is 0 Å². The Hall–Kier alpha value is -1.69. The molecule has 3 amide bonds. The van der Waals surface area contributed by atoms with E-state index < -0.39 is 0 Å². The highest BCUT2D eigenvalue weighted by molar-refractivity contribution is 7.98. The molecule has 0 spiro atoms. The number of benzene rings is 1. The molecule has 3 saturated heterocycles. The zero-order valence-electron chi connectivity index (χ0n) is 14.6. The monoisotopic (exact) mass is 347 g/mol. The molecule has 6 heteroatoms. The summed E-state index contributed by atoms with van der Waals surface area (Å²) >= 11 is 1.60. The second-order valence-corrected chi connectivity index (χ2v) is 7.69. The Morgan fingerprint density at radius 2 is 1.88 bits per heavy atom. The Morgan fingerprint density at radius 3 is 2.58 bits per heavy atom. The van der Waals surface area contributed by atoms with Gasteiger partial charge in [-0.25, -0.2) is 4.79 Å². The lowest BCUT2D eigenvalue weighted by Crippen LogP contribution is -2.48. The van der Waals surface area contributed by atoms with Crippen molar-refractivity contribution in [3.8, 4) is 0 Å². The molecule has 24 heavy (non-hydrogen) atoms. The highest BCUT2D eigenvalue weighted by Gasteiger charge is 2.39. The maximum atomic E-state index is 13.1. The molecule has 2 atom stereocenters. The van der Waals surface area contributed by atoms with Crippen LogP contribution in [0, 0.1) is 5.92 Å².